The minimum absolute atomic E-state index is 0.0822. The molecule has 1 N–H and O–H groups in total. The van der Waals surface area contributed by atoms with Crippen molar-refractivity contribution in [1.82, 2.24) is 10.2 Å². The number of nitrogens with zero attached hydrogens (tertiary/aromatic N) is 2. The van der Waals surface area contributed by atoms with Gasteiger partial charge in [-0.15, -0.1) is 10.1 Å². The Hall–Kier alpha value is -4.39. The molecule has 0 bridgehead atoms. The minimum Gasteiger partial charge on any atom is -0.493 e. The van der Waals surface area contributed by atoms with E-state index in [1.165, 1.54) is 19.1 Å². The average Bonchev–Trinajstić information content (AvgIpc) is 3.01. The van der Waals surface area contributed by atoms with E-state index in [-0.39, 0.29) is 39.2 Å². The van der Waals surface area contributed by atoms with Crippen LogP contribution in [0.4, 0.5) is 0 Å². The van der Waals surface area contributed by atoms with Gasteiger partial charge in [0.05, 0.1) is 40.1 Å². The number of fused-ring (bicyclic) bond motifs is 1. The molecule has 234 valence electrons. The third-order valence-electron chi connectivity index (χ3n) is 7.08. The summed E-state index contributed by atoms with van der Waals surface area (Å²) >= 11 is 0. The molecule has 13 heteroatoms. The summed E-state index contributed by atoms with van der Waals surface area (Å²) in [7, 11) is 3.02. The first-order chi connectivity index (χ1) is 20.7. The fourth-order valence-electron chi connectivity index (χ4n) is 4.91. The fourth-order valence-corrected chi connectivity index (χ4v) is 4.91. The predicted octanol–water partition coefficient (Wildman–Crippen LogP) is 2.64. The Labute approximate surface area is 250 Å². The summed E-state index contributed by atoms with van der Waals surface area (Å²) in [4.78, 5) is 56.0. The van der Waals surface area contributed by atoms with Gasteiger partial charge >= 0.3 is 11.9 Å². The third-order valence-corrected chi connectivity index (χ3v) is 7.08. The molecular formula is C30H39N3O10. The van der Waals surface area contributed by atoms with Crippen molar-refractivity contribution in [3.63, 3.8) is 0 Å². The lowest BCUT2D eigenvalue weighted by Crippen LogP contribution is -2.56. The van der Waals surface area contributed by atoms with Crippen molar-refractivity contribution in [3.05, 3.63) is 69.3 Å². The fraction of sp³-hybridized carbons (Fsp3) is 0.500. The Balaban J connectivity index is 1.80. The number of carbonyl (C=O) groups is 3. The number of hydrogen-bond donors (Lipinski definition) is 1. The molecule has 1 amide bonds. The topological polar surface area (TPSA) is 156 Å². The summed E-state index contributed by atoms with van der Waals surface area (Å²) in [5.74, 6) is -0.571. The van der Waals surface area contributed by atoms with Crippen LogP contribution in [0.3, 0.4) is 0 Å². The zero-order valence-electron chi connectivity index (χ0n) is 24.9. The molecule has 43 heavy (non-hydrogen) atoms. The van der Waals surface area contributed by atoms with Crippen molar-refractivity contribution < 1.29 is 43.3 Å². The van der Waals surface area contributed by atoms with E-state index in [2.05, 4.69) is 10.2 Å². The quantitative estimate of drug-likeness (QED) is 0.131. The summed E-state index contributed by atoms with van der Waals surface area (Å²) in [6, 6.07) is 10.6. The van der Waals surface area contributed by atoms with E-state index >= 15 is 0 Å². The SMILES string of the molecule is CCOC(=O)C(CCc1ccccc1)NC(C)C(=O)N1Cc2cc(OC)c(OC)cc2CC1C(=O)OCCCO[N+](=O)[O-]. The van der Waals surface area contributed by atoms with Gasteiger partial charge in [0, 0.05) is 19.4 Å². The van der Waals surface area contributed by atoms with E-state index in [9.17, 15) is 24.5 Å². The number of amides is 1. The highest BCUT2D eigenvalue weighted by Gasteiger charge is 2.39. The standard InChI is InChI=1S/C30H39N3O10/c1-5-41-29(35)24(13-12-21-10-7-6-8-11-21)31-20(2)28(34)32-19-23-18-27(40-4)26(39-3)17-22(23)16-25(32)30(36)42-14-9-15-43-33(37)38/h6-8,10-11,17-18,20,24-25,31H,5,9,12-16,19H2,1-4H3. The molecule has 0 radical (unpaired) electrons. The second-order valence-corrected chi connectivity index (χ2v) is 9.96. The Morgan fingerprint density at radius 3 is 2.35 bits per heavy atom. The number of ether oxygens (including phenoxy) is 4. The van der Waals surface area contributed by atoms with Crippen LogP contribution in [0.2, 0.25) is 0 Å². The second kappa shape index (κ2) is 16.3. The number of benzene rings is 2. The van der Waals surface area contributed by atoms with E-state index in [1.807, 2.05) is 30.3 Å². The molecule has 0 saturated carbocycles. The second-order valence-electron chi connectivity index (χ2n) is 9.96. The van der Waals surface area contributed by atoms with Crippen molar-refractivity contribution in [3.8, 4) is 11.5 Å². The summed E-state index contributed by atoms with van der Waals surface area (Å²) < 4.78 is 21.5. The molecule has 2 aromatic carbocycles. The molecule has 1 heterocycles. The van der Waals surface area contributed by atoms with E-state index in [0.29, 0.717) is 24.3 Å². The number of esters is 2. The highest BCUT2D eigenvalue weighted by Crippen LogP contribution is 2.35. The van der Waals surface area contributed by atoms with E-state index in [1.54, 1.807) is 26.0 Å². The van der Waals surface area contributed by atoms with Crippen LogP contribution in [0.1, 0.15) is 43.4 Å². The number of nitrogens with one attached hydrogen (secondary N) is 1. The third kappa shape index (κ3) is 9.30. The number of hydrogen-bond acceptors (Lipinski definition) is 11. The Morgan fingerprint density at radius 1 is 1.05 bits per heavy atom. The van der Waals surface area contributed by atoms with Crippen molar-refractivity contribution >= 4 is 17.8 Å². The monoisotopic (exact) mass is 601 g/mol. The molecule has 13 nitrogen and oxygen atoms in total. The van der Waals surface area contributed by atoms with Crippen molar-refractivity contribution in [1.29, 1.82) is 0 Å². The van der Waals surface area contributed by atoms with Crippen LogP contribution in [0.5, 0.6) is 11.5 Å². The predicted molar refractivity (Wildman–Crippen MR) is 154 cm³/mol. The zero-order valence-corrected chi connectivity index (χ0v) is 24.9. The van der Waals surface area contributed by atoms with Gasteiger partial charge in [0.15, 0.2) is 11.5 Å². The first kappa shape index (κ1) is 33.1. The smallest absolute Gasteiger partial charge is 0.329 e. The largest absolute Gasteiger partial charge is 0.493 e. The average molecular weight is 602 g/mol. The summed E-state index contributed by atoms with van der Waals surface area (Å²) in [6.45, 7) is 3.28. The van der Waals surface area contributed by atoms with Gasteiger partial charge in [0.25, 0.3) is 5.09 Å². The minimum atomic E-state index is -0.982. The Bertz CT molecular complexity index is 1260. The first-order valence-corrected chi connectivity index (χ1v) is 14.1. The van der Waals surface area contributed by atoms with Crippen molar-refractivity contribution in [2.24, 2.45) is 0 Å². The number of methoxy groups -OCH3 is 2. The van der Waals surface area contributed by atoms with E-state index in [4.69, 9.17) is 18.9 Å². The van der Waals surface area contributed by atoms with Crippen LogP contribution >= 0.6 is 0 Å². The van der Waals surface area contributed by atoms with Crippen LogP contribution in [0.25, 0.3) is 0 Å². The molecule has 3 rings (SSSR count). The van der Waals surface area contributed by atoms with Gasteiger partial charge in [-0.2, -0.15) is 0 Å². The van der Waals surface area contributed by atoms with Crippen molar-refractivity contribution in [2.45, 2.75) is 64.2 Å². The molecule has 3 unspecified atom stereocenters. The Kier molecular flexibility index (Phi) is 12.6. The van der Waals surface area contributed by atoms with Crippen LogP contribution in [-0.4, -0.2) is 80.0 Å². The lowest BCUT2D eigenvalue weighted by atomic mass is 9.92. The number of aryl methyl sites for hydroxylation is 1. The summed E-state index contributed by atoms with van der Waals surface area (Å²) in [5.41, 5.74) is 2.60. The molecule has 0 aromatic heterocycles. The van der Waals surface area contributed by atoms with Gasteiger partial charge < -0.3 is 28.7 Å². The normalized spacial score (nSPS) is 15.4. The molecule has 1 aliphatic heterocycles. The highest BCUT2D eigenvalue weighted by atomic mass is 16.9. The molecule has 0 fully saturated rings. The maximum Gasteiger partial charge on any atom is 0.329 e. The van der Waals surface area contributed by atoms with Crippen molar-refractivity contribution in [2.75, 3.05) is 34.0 Å². The molecule has 0 saturated heterocycles. The van der Waals surface area contributed by atoms with Crippen LogP contribution in [0.15, 0.2) is 42.5 Å². The zero-order chi connectivity index (χ0) is 31.4. The number of carbonyl (C=O) groups excluding carboxylic acids is 3. The summed E-state index contributed by atoms with van der Waals surface area (Å²) in [6.07, 6.45) is 1.24. The van der Waals surface area contributed by atoms with Gasteiger partial charge in [-0.25, -0.2) is 4.79 Å². The lowest BCUT2D eigenvalue weighted by molar-refractivity contribution is -0.757. The van der Waals surface area contributed by atoms with E-state index < -0.39 is 41.1 Å². The molecular weight excluding hydrogens is 562 g/mol. The maximum absolute atomic E-state index is 13.9. The molecule has 0 aliphatic carbocycles. The maximum atomic E-state index is 13.9. The van der Waals surface area contributed by atoms with Gasteiger partial charge in [-0.3, -0.25) is 14.9 Å². The van der Waals surface area contributed by atoms with E-state index in [0.717, 1.165) is 16.7 Å². The van der Waals surface area contributed by atoms with Crippen LogP contribution < -0.4 is 14.8 Å². The molecule has 3 atom stereocenters. The van der Waals surface area contributed by atoms with Gasteiger partial charge in [-0.1, -0.05) is 30.3 Å². The van der Waals surface area contributed by atoms with Gasteiger partial charge in [0.2, 0.25) is 5.91 Å². The van der Waals surface area contributed by atoms with Gasteiger partial charge in [-0.05, 0) is 55.5 Å². The van der Waals surface area contributed by atoms with Crippen LogP contribution in [0, 0.1) is 10.1 Å². The molecule has 2 aromatic rings. The first-order valence-electron chi connectivity index (χ1n) is 14.1. The molecule has 1 aliphatic rings. The number of rotatable bonds is 16. The summed E-state index contributed by atoms with van der Waals surface area (Å²) in [5, 5.41) is 12.6. The Morgan fingerprint density at radius 2 is 1.72 bits per heavy atom. The van der Waals surface area contributed by atoms with Crippen LogP contribution in [-0.2, 0) is 48.1 Å². The van der Waals surface area contributed by atoms with Gasteiger partial charge in [0.1, 0.15) is 12.1 Å². The molecule has 0 spiro atoms. The highest BCUT2D eigenvalue weighted by molar-refractivity contribution is 5.89. The lowest BCUT2D eigenvalue weighted by Gasteiger charge is -2.37.